The predicted molar refractivity (Wildman–Crippen MR) is 113 cm³/mol. The van der Waals surface area contributed by atoms with E-state index in [1.54, 1.807) is 6.92 Å². The molecule has 0 unspecified atom stereocenters. The van der Waals surface area contributed by atoms with Gasteiger partial charge in [0.05, 0.1) is 12.3 Å². The number of nitrogens with one attached hydrogen (secondary N) is 2. The van der Waals surface area contributed by atoms with Gasteiger partial charge in [-0.15, -0.1) is 0 Å². The highest BCUT2D eigenvalue weighted by Crippen LogP contribution is 2.29. The summed E-state index contributed by atoms with van der Waals surface area (Å²) >= 11 is 0. The lowest BCUT2D eigenvalue weighted by Crippen LogP contribution is -2.33. The van der Waals surface area contributed by atoms with E-state index in [4.69, 9.17) is 4.74 Å². The van der Waals surface area contributed by atoms with E-state index >= 15 is 0 Å². The quantitative estimate of drug-likeness (QED) is 0.606. The maximum absolute atomic E-state index is 13.8. The van der Waals surface area contributed by atoms with Crippen LogP contribution in [0.3, 0.4) is 0 Å². The third kappa shape index (κ3) is 4.21. The van der Waals surface area contributed by atoms with E-state index in [-0.39, 0.29) is 30.3 Å². The van der Waals surface area contributed by atoms with Crippen molar-refractivity contribution in [3.63, 3.8) is 0 Å². The van der Waals surface area contributed by atoms with Crippen LogP contribution in [0.1, 0.15) is 35.0 Å². The summed E-state index contributed by atoms with van der Waals surface area (Å²) in [5.41, 5.74) is 3.59. The summed E-state index contributed by atoms with van der Waals surface area (Å²) in [4.78, 5) is 30.1. The highest BCUT2D eigenvalue weighted by Gasteiger charge is 2.22. The topological polar surface area (TPSA) is 74.4 Å². The first-order chi connectivity index (χ1) is 14.5. The Balaban J connectivity index is 1.47. The molecule has 6 nitrogen and oxygen atoms in total. The average molecular weight is 409 g/mol. The summed E-state index contributed by atoms with van der Waals surface area (Å²) < 4.78 is 18.9. The molecule has 30 heavy (non-hydrogen) atoms. The number of aromatic amines is 1. The van der Waals surface area contributed by atoms with Crippen molar-refractivity contribution in [1.82, 2.24) is 9.88 Å². The van der Waals surface area contributed by atoms with Gasteiger partial charge >= 0.3 is 5.97 Å². The molecule has 156 valence electrons. The number of rotatable bonds is 6. The van der Waals surface area contributed by atoms with Crippen molar-refractivity contribution in [2.45, 2.75) is 26.3 Å². The number of amides is 1. The number of aromatic nitrogens is 1. The summed E-state index contributed by atoms with van der Waals surface area (Å²) in [5, 5.41) is 3.24. The molecule has 7 heteroatoms. The lowest BCUT2D eigenvalue weighted by atomic mass is 10.00. The van der Waals surface area contributed by atoms with Crippen molar-refractivity contribution in [1.29, 1.82) is 0 Å². The zero-order chi connectivity index (χ0) is 21.1. The third-order valence-electron chi connectivity index (χ3n) is 5.37. The number of ether oxygens (including phenoxy) is 1. The minimum Gasteiger partial charge on any atom is -0.461 e. The Morgan fingerprint density at radius 2 is 2.00 bits per heavy atom. The molecule has 3 aromatic rings. The Kier molecular flexibility index (Phi) is 5.81. The van der Waals surface area contributed by atoms with Crippen molar-refractivity contribution < 1.29 is 18.7 Å². The predicted octanol–water partition coefficient (Wildman–Crippen LogP) is 3.87. The minimum absolute atomic E-state index is 0.123. The second kappa shape index (κ2) is 8.67. The summed E-state index contributed by atoms with van der Waals surface area (Å²) in [6.45, 7) is 4.22. The van der Waals surface area contributed by atoms with E-state index in [0.717, 1.165) is 19.5 Å². The zero-order valence-electron chi connectivity index (χ0n) is 16.8. The molecular weight excluding hydrogens is 385 g/mol. The molecular formula is C23H24FN3O3. The van der Waals surface area contributed by atoms with Crippen LogP contribution in [0.25, 0.3) is 10.9 Å². The lowest BCUT2D eigenvalue weighted by molar-refractivity contribution is -0.116. The SMILES string of the molecule is CCOC(=O)c1[nH]c2ccc(F)cc2c1NC(=O)CCN1CCc2ccccc2C1. The molecule has 0 radical (unpaired) electrons. The maximum atomic E-state index is 13.8. The highest BCUT2D eigenvalue weighted by atomic mass is 19.1. The molecule has 1 aliphatic rings. The van der Waals surface area contributed by atoms with Crippen molar-refractivity contribution in [3.05, 3.63) is 65.1 Å². The van der Waals surface area contributed by atoms with E-state index in [2.05, 4.69) is 27.3 Å². The molecule has 1 aromatic heterocycles. The molecule has 1 aliphatic heterocycles. The van der Waals surface area contributed by atoms with Crippen molar-refractivity contribution in [3.8, 4) is 0 Å². The minimum atomic E-state index is -0.586. The molecule has 0 saturated heterocycles. The Labute approximate surface area is 174 Å². The van der Waals surface area contributed by atoms with E-state index < -0.39 is 11.8 Å². The van der Waals surface area contributed by atoms with E-state index in [0.29, 0.717) is 17.4 Å². The number of fused-ring (bicyclic) bond motifs is 2. The second-order valence-corrected chi connectivity index (χ2v) is 7.38. The number of H-pyrrole nitrogens is 1. The molecule has 0 saturated carbocycles. The number of benzene rings is 2. The van der Waals surface area contributed by atoms with Gasteiger partial charge in [-0.2, -0.15) is 0 Å². The van der Waals surface area contributed by atoms with Crippen LogP contribution in [0.2, 0.25) is 0 Å². The Hall–Kier alpha value is -3.19. The monoisotopic (exact) mass is 409 g/mol. The van der Waals surface area contributed by atoms with Crippen LogP contribution in [-0.2, 0) is 22.5 Å². The summed E-state index contributed by atoms with van der Waals surface area (Å²) in [7, 11) is 0. The summed E-state index contributed by atoms with van der Waals surface area (Å²) in [5.74, 6) is -1.26. The first kappa shape index (κ1) is 20.1. The van der Waals surface area contributed by atoms with Gasteiger partial charge in [0.25, 0.3) is 0 Å². The first-order valence-electron chi connectivity index (χ1n) is 10.1. The second-order valence-electron chi connectivity index (χ2n) is 7.38. The lowest BCUT2D eigenvalue weighted by Gasteiger charge is -2.28. The van der Waals surface area contributed by atoms with Crippen LogP contribution in [-0.4, -0.2) is 41.5 Å². The van der Waals surface area contributed by atoms with Gasteiger partial charge in [-0.25, -0.2) is 9.18 Å². The number of anilines is 1. The van der Waals surface area contributed by atoms with Gasteiger partial charge in [-0.3, -0.25) is 9.69 Å². The fourth-order valence-corrected chi connectivity index (χ4v) is 3.86. The number of hydrogen-bond acceptors (Lipinski definition) is 4. The smallest absolute Gasteiger partial charge is 0.356 e. The van der Waals surface area contributed by atoms with Crippen LogP contribution in [0, 0.1) is 5.82 Å². The fraction of sp³-hybridized carbons (Fsp3) is 0.304. The highest BCUT2D eigenvalue weighted by molar-refractivity contribution is 6.11. The van der Waals surface area contributed by atoms with Gasteiger partial charge in [0.1, 0.15) is 11.5 Å². The number of halogens is 1. The number of carbonyl (C=O) groups is 2. The Bertz CT molecular complexity index is 1090. The number of carbonyl (C=O) groups excluding carboxylic acids is 2. The molecule has 0 fully saturated rings. The van der Waals surface area contributed by atoms with Crippen LogP contribution in [0.5, 0.6) is 0 Å². The number of nitrogens with zero attached hydrogens (tertiary/aromatic N) is 1. The van der Waals surface area contributed by atoms with Crippen molar-refractivity contribution in [2.75, 3.05) is 25.0 Å². The maximum Gasteiger partial charge on any atom is 0.356 e. The van der Waals surface area contributed by atoms with Crippen LogP contribution >= 0.6 is 0 Å². The summed E-state index contributed by atoms with van der Waals surface area (Å²) in [6, 6.07) is 12.5. The fourth-order valence-electron chi connectivity index (χ4n) is 3.86. The van der Waals surface area contributed by atoms with Crippen molar-refractivity contribution >= 4 is 28.5 Å². The molecule has 2 aromatic carbocycles. The standard InChI is InChI=1S/C23H24FN3O3/c1-2-30-23(29)22-21(18-13-17(24)7-8-19(18)25-22)26-20(28)10-12-27-11-9-15-5-3-4-6-16(15)14-27/h3-8,13,25H,2,9-12,14H2,1H3,(H,26,28). The largest absolute Gasteiger partial charge is 0.461 e. The normalized spacial score (nSPS) is 13.8. The Morgan fingerprint density at radius 1 is 1.20 bits per heavy atom. The third-order valence-corrected chi connectivity index (χ3v) is 5.37. The van der Waals surface area contributed by atoms with Crippen molar-refractivity contribution in [2.24, 2.45) is 0 Å². The molecule has 2 heterocycles. The zero-order valence-corrected chi connectivity index (χ0v) is 16.8. The van der Waals surface area contributed by atoms with Gasteiger partial charge < -0.3 is 15.0 Å². The van der Waals surface area contributed by atoms with Gasteiger partial charge in [0, 0.05) is 37.0 Å². The van der Waals surface area contributed by atoms with Crippen LogP contribution in [0.15, 0.2) is 42.5 Å². The first-order valence-corrected chi connectivity index (χ1v) is 10.1. The van der Waals surface area contributed by atoms with Gasteiger partial charge in [-0.1, -0.05) is 24.3 Å². The van der Waals surface area contributed by atoms with Gasteiger partial charge in [-0.05, 0) is 42.7 Å². The molecule has 0 aliphatic carbocycles. The number of hydrogen-bond donors (Lipinski definition) is 2. The molecule has 2 N–H and O–H groups in total. The van der Waals surface area contributed by atoms with E-state index in [9.17, 15) is 14.0 Å². The van der Waals surface area contributed by atoms with Gasteiger partial charge in [0.15, 0.2) is 0 Å². The number of esters is 1. The summed E-state index contributed by atoms with van der Waals surface area (Å²) in [6.07, 6.45) is 1.24. The van der Waals surface area contributed by atoms with Crippen LogP contribution in [0.4, 0.5) is 10.1 Å². The van der Waals surface area contributed by atoms with Crippen LogP contribution < -0.4 is 5.32 Å². The molecule has 4 rings (SSSR count). The van der Waals surface area contributed by atoms with E-state index in [1.807, 2.05) is 12.1 Å². The molecule has 1 amide bonds. The average Bonchev–Trinajstić information content (AvgIpc) is 3.10. The molecule has 0 atom stereocenters. The Morgan fingerprint density at radius 3 is 2.80 bits per heavy atom. The molecule has 0 bridgehead atoms. The molecule has 0 spiro atoms. The van der Waals surface area contributed by atoms with E-state index in [1.165, 1.54) is 29.3 Å². The van der Waals surface area contributed by atoms with Gasteiger partial charge in [0.2, 0.25) is 5.91 Å².